The van der Waals surface area contributed by atoms with Crippen LogP contribution in [0.4, 0.5) is 0 Å². The number of rotatable bonds is 5. The van der Waals surface area contributed by atoms with Crippen LogP contribution in [0, 0.1) is 0 Å². The molecule has 1 heterocycles. The number of hydrogen-bond donors (Lipinski definition) is 1. The molecule has 0 aliphatic carbocycles. The minimum atomic E-state index is -1.08. The topological polar surface area (TPSA) is 44.6 Å². The van der Waals surface area contributed by atoms with Gasteiger partial charge in [-0.1, -0.05) is 19.8 Å². The van der Waals surface area contributed by atoms with Crippen LogP contribution in [0.1, 0.15) is 59.3 Å². The Morgan fingerprint density at radius 1 is 1.38 bits per heavy atom. The summed E-state index contributed by atoms with van der Waals surface area (Å²) < 4.78 is 0. The quantitative estimate of drug-likeness (QED) is 0.693. The summed E-state index contributed by atoms with van der Waals surface area (Å²) in [6.07, 6.45) is 8.63. The van der Waals surface area contributed by atoms with Crippen molar-refractivity contribution in [3.63, 3.8) is 0 Å². The van der Waals surface area contributed by atoms with Gasteiger partial charge in [0.25, 0.3) is 0 Å². The fourth-order valence-corrected chi connectivity index (χ4v) is 2.24. The summed E-state index contributed by atoms with van der Waals surface area (Å²) >= 11 is 0. The summed E-state index contributed by atoms with van der Waals surface area (Å²) in [6.45, 7) is 8.53. The Kier molecular flexibility index (Phi) is 9.30. The molecule has 3 heteroatoms. The SMILES string of the molecule is CC(=O)[O-].CCCCCC[NH+]1CCCC1C. The predicted octanol–water partition coefficient (Wildman–Crippen LogP) is 0.390. The van der Waals surface area contributed by atoms with Crippen molar-refractivity contribution >= 4 is 5.97 Å². The Bertz CT molecular complexity index is 179. The van der Waals surface area contributed by atoms with Crippen LogP contribution in [-0.2, 0) is 4.79 Å². The summed E-state index contributed by atoms with van der Waals surface area (Å²) in [7, 11) is 0. The largest absolute Gasteiger partial charge is 0.550 e. The number of quaternary nitrogens is 1. The van der Waals surface area contributed by atoms with Gasteiger partial charge in [-0.25, -0.2) is 0 Å². The second-order valence-electron chi connectivity index (χ2n) is 4.75. The van der Waals surface area contributed by atoms with Crippen LogP contribution >= 0.6 is 0 Å². The molecule has 1 aliphatic heterocycles. The molecule has 1 saturated heterocycles. The van der Waals surface area contributed by atoms with Crippen molar-refractivity contribution in [2.24, 2.45) is 0 Å². The van der Waals surface area contributed by atoms with Crippen molar-refractivity contribution in [2.75, 3.05) is 13.1 Å². The lowest BCUT2D eigenvalue weighted by Crippen LogP contribution is -3.13. The van der Waals surface area contributed by atoms with Gasteiger partial charge in [-0.05, 0) is 26.7 Å². The molecule has 2 atom stereocenters. The number of carboxylic acids is 1. The maximum absolute atomic E-state index is 8.89. The van der Waals surface area contributed by atoms with Crippen LogP contribution in [0.15, 0.2) is 0 Å². The molecule has 0 spiro atoms. The van der Waals surface area contributed by atoms with E-state index in [2.05, 4.69) is 13.8 Å². The lowest BCUT2D eigenvalue weighted by Gasteiger charge is -2.17. The van der Waals surface area contributed by atoms with Gasteiger partial charge in [0, 0.05) is 18.8 Å². The van der Waals surface area contributed by atoms with E-state index >= 15 is 0 Å². The van der Waals surface area contributed by atoms with E-state index in [-0.39, 0.29) is 0 Å². The number of hydrogen-bond acceptors (Lipinski definition) is 2. The smallest absolute Gasteiger partial charge is 0.0848 e. The van der Waals surface area contributed by atoms with Gasteiger partial charge in [0.1, 0.15) is 0 Å². The molecule has 0 amide bonds. The molecule has 2 unspecified atom stereocenters. The molecule has 1 aliphatic rings. The Hall–Kier alpha value is -0.570. The van der Waals surface area contributed by atoms with E-state index in [0.29, 0.717) is 0 Å². The van der Waals surface area contributed by atoms with E-state index in [9.17, 15) is 0 Å². The lowest BCUT2D eigenvalue weighted by molar-refractivity contribution is -0.910. The number of unbranched alkanes of at least 4 members (excludes halogenated alkanes) is 3. The minimum Gasteiger partial charge on any atom is -0.550 e. The molecular weight excluding hydrogens is 202 g/mol. The molecule has 0 aromatic heterocycles. The number of carbonyl (C=O) groups is 1. The molecule has 0 saturated carbocycles. The molecule has 3 nitrogen and oxygen atoms in total. The summed E-state index contributed by atoms with van der Waals surface area (Å²) in [5, 5.41) is 8.89. The molecule has 1 N–H and O–H groups in total. The highest BCUT2D eigenvalue weighted by molar-refractivity contribution is 5.60. The summed E-state index contributed by atoms with van der Waals surface area (Å²) in [5.41, 5.74) is 0. The number of aliphatic carboxylic acids is 1. The first-order valence-electron chi connectivity index (χ1n) is 6.60. The molecule has 0 aromatic rings. The fraction of sp³-hybridized carbons (Fsp3) is 0.923. The van der Waals surface area contributed by atoms with Crippen molar-refractivity contribution in [1.29, 1.82) is 0 Å². The fourth-order valence-electron chi connectivity index (χ4n) is 2.24. The molecule has 1 fully saturated rings. The van der Waals surface area contributed by atoms with Crippen LogP contribution in [0.5, 0.6) is 0 Å². The van der Waals surface area contributed by atoms with E-state index in [1.165, 1.54) is 51.6 Å². The number of nitrogens with one attached hydrogen (secondary N) is 1. The van der Waals surface area contributed by atoms with E-state index in [1.54, 1.807) is 0 Å². The third-order valence-electron chi connectivity index (χ3n) is 3.18. The lowest BCUT2D eigenvalue weighted by atomic mass is 10.2. The highest BCUT2D eigenvalue weighted by Gasteiger charge is 2.22. The van der Waals surface area contributed by atoms with Crippen molar-refractivity contribution in [3.05, 3.63) is 0 Å². The predicted molar refractivity (Wildman–Crippen MR) is 64.2 cm³/mol. The van der Waals surface area contributed by atoms with Gasteiger partial charge in [0.2, 0.25) is 0 Å². The maximum Gasteiger partial charge on any atom is 0.0848 e. The third kappa shape index (κ3) is 8.72. The van der Waals surface area contributed by atoms with Gasteiger partial charge in [-0.2, -0.15) is 0 Å². The molecular formula is C13H27NO2. The van der Waals surface area contributed by atoms with Crippen molar-refractivity contribution < 1.29 is 14.8 Å². The van der Waals surface area contributed by atoms with Crippen LogP contribution in [0.3, 0.4) is 0 Å². The number of carbonyl (C=O) groups excluding carboxylic acids is 1. The van der Waals surface area contributed by atoms with Crippen molar-refractivity contribution in [2.45, 2.75) is 65.3 Å². The Balaban J connectivity index is 0.000000487. The van der Waals surface area contributed by atoms with Gasteiger partial charge in [0.15, 0.2) is 0 Å². The second-order valence-corrected chi connectivity index (χ2v) is 4.75. The Morgan fingerprint density at radius 3 is 2.44 bits per heavy atom. The first-order chi connectivity index (χ1) is 7.57. The van der Waals surface area contributed by atoms with Crippen LogP contribution < -0.4 is 10.0 Å². The van der Waals surface area contributed by atoms with Gasteiger partial charge in [-0.3, -0.25) is 0 Å². The van der Waals surface area contributed by atoms with Gasteiger partial charge < -0.3 is 14.8 Å². The normalized spacial score (nSPS) is 23.7. The Labute approximate surface area is 99.8 Å². The van der Waals surface area contributed by atoms with E-state index < -0.39 is 5.97 Å². The molecule has 0 radical (unpaired) electrons. The number of carboxylic acid groups (broad SMARTS) is 1. The Morgan fingerprint density at radius 2 is 2.00 bits per heavy atom. The minimum absolute atomic E-state index is 0.951. The van der Waals surface area contributed by atoms with Crippen LogP contribution in [0.2, 0.25) is 0 Å². The van der Waals surface area contributed by atoms with Gasteiger partial charge >= 0.3 is 0 Å². The zero-order valence-corrected chi connectivity index (χ0v) is 11.1. The van der Waals surface area contributed by atoms with Crippen molar-refractivity contribution in [1.82, 2.24) is 0 Å². The van der Waals surface area contributed by atoms with E-state index in [4.69, 9.17) is 9.90 Å². The maximum atomic E-state index is 8.89. The summed E-state index contributed by atoms with van der Waals surface area (Å²) in [5.74, 6) is -1.08. The zero-order valence-electron chi connectivity index (χ0n) is 11.1. The standard InChI is InChI=1S/C11H23N.C2H4O2/c1-3-4-5-6-9-12-10-7-8-11(12)2;1-2(3)4/h11H,3-10H2,1-2H3;1H3,(H,3,4). The van der Waals surface area contributed by atoms with Crippen LogP contribution in [-0.4, -0.2) is 25.1 Å². The highest BCUT2D eigenvalue weighted by Crippen LogP contribution is 2.00. The molecule has 16 heavy (non-hydrogen) atoms. The summed E-state index contributed by atoms with van der Waals surface area (Å²) in [6, 6.07) is 0.951. The molecule has 0 aromatic carbocycles. The average molecular weight is 229 g/mol. The van der Waals surface area contributed by atoms with Gasteiger partial charge in [0.05, 0.1) is 19.1 Å². The average Bonchev–Trinajstić information content (AvgIpc) is 2.58. The van der Waals surface area contributed by atoms with Crippen LogP contribution in [0.25, 0.3) is 0 Å². The first-order valence-corrected chi connectivity index (χ1v) is 6.60. The third-order valence-corrected chi connectivity index (χ3v) is 3.18. The number of likely N-dealkylation sites (tertiary alicyclic amines) is 1. The summed E-state index contributed by atoms with van der Waals surface area (Å²) in [4.78, 5) is 10.8. The molecule has 1 rings (SSSR count). The zero-order chi connectivity index (χ0) is 12.4. The molecule has 96 valence electrons. The highest BCUT2D eigenvalue weighted by atomic mass is 16.4. The van der Waals surface area contributed by atoms with Crippen molar-refractivity contribution in [3.8, 4) is 0 Å². The monoisotopic (exact) mass is 229 g/mol. The second kappa shape index (κ2) is 9.64. The van der Waals surface area contributed by atoms with E-state index in [0.717, 1.165) is 13.0 Å². The van der Waals surface area contributed by atoms with E-state index in [1.807, 2.05) is 4.90 Å². The molecule has 0 bridgehead atoms. The van der Waals surface area contributed by atoms with Gasteiger partial charge in [-0.15, -0.1) is 0 Å². The first kappa shape index (κ1) is 15.4.